The molecule has 162 valence electrons. The fourth-order valence-electron chi connectivity index (χ4n) is 4.58. The van der Waals surface area contributed by atoms with E-state index in [1.54, 1.807) is 0 Å². The number of allylic oxidation sites excluding steroid dienone is 3. The van der Waals surface area contributed by atoms with Gasteiger partial charge in [-0.15, -0.1) is 0 Å². The molecule has 2 aromatic rings. The Hall–Kier alpha value is -2.92. The smallest absolute Gasteiger partial charge is 0.336 e. The van der Waals surface area contributed by atoms with Gasteiger partial charge >= 0.3 is 5.97 Å². The second kappa shape index (κ2) is 9.48. The van der Waals surface area contributed by atoms with Gasteiger partial charge in [0.2, 0.25) is 0 Å². The van der Waals surface area contributed by atoms with Crippen LogP contribution in [-0.2, 0) is 19.1 Å². The van der Waals surface area contributed by atoms with Crippen LogP contribution in [0.15, 0.2) is 65.0 Å². The molecule has 31 heavy (non-hydrogen) atoms. The summed E-state index contributed by atoms with van der Waals surface area (Å²) >= 11 is 0. The van der Waals surface area contributed by atoms with Crippen molar-refractivity contribution in [2.75, 3.05) is 19.8 Å². The quantitative estimate of drug-likeness (QED) is 0.517. The first-order valence-electron chi connectivity index (χ1n) is 11.1. The molecule has 0 spiro atoms. The molecule has 0 radical (unpaired) electrons. The molecule has 0 fully saturated rings. The molecule has 2 aliphatic rings. The summed E-state index contributed by atoms with van der Waals surface area (Å²) in [5.74, 6) is -0.720. The molecule has 5 heteroatoms. The summed E-state index contributed by atoms with van der Waals surface area (Å²) < 4.78 is 11.0. The van der Waals surface area contributed by atoms with Gasteiger partial charge in [0.15, 0.2) is 5.78 Å². The lowest BCUT2D eigenvalue weighted by Gasteiger charge is -2.34. The molecule has 0 saturated carbocycles. The van der Waals surface area contributed by atoms with Gasteiger partial charge in [-0.2, -0.15) is 0 Å². The molecule has 1 atom stereocenters. The van der Waals surface area contributed by atoms with Crippen LogP contribution >= 0.6 is 0 Å². The molecule has 1 aliphatic heterocycles. The highest BCUT2D eigenvalue weighted by Crippen LogP contribution is 2.44. The molecule has 1 unspecified atom stereocenters. The summed E-state index contributed by atoms with van der Waals surface area (Å²) in [4.78, 5) is 26.3. The number of rotatable bonds is 7. The first-order chi connectivity index (χ1) is 15.1. The summed E-state index contributed by atoms with van der Waals surface area (Å²) in [7, 11) is 0. The molecule has 1 N–H and O–H groups in total. The maximum atomic E-state index is 13.2. The average molecular weight is 420 g/mol. The normalized spacial score (nSPS) is 18.8. The standard InChI is InChI=1S/C26H29NO4/c1-3-14-30-15-16-31-26(29)23-17(2)27-21-12-7-13-22(28)25(21)24(23)20-11-6-9-18-8-4-5-10-19(18)20/h4-6,8-11,24,27H,3,7,12-16H2,1-2H3. The molecule has 1 aliphatic carbocycles. The predicted octanol–water partition coefficient (Wildman–Crippen LogP) is 4.78. The van der Waals surface area contributed by atoms with Crippen molar-refractivity contribution in [1.82, 2.24) is 5.32 Å². The number of fused-ring (bicyclic) bond motifs is 1. The van der Waals surface area contributed by atoms with Crippen molar-refractivity contribution in [1.29, 1.82) is 0 Å². The van der Waals surface area contributed by atoms with E-state index in [9.17, 15) is 9.59 Å². The minimum atomic E-state index is -0.431. The van der Waals surface area contributed by atoms with Crippen molar-refractivity contribution >= 4 is 22.5 Å². The largest absolute Gasteiger partial charge is 0.460 e. The van der Waals surface area contributed by atoms with E-state index in [0.29, 0.717) is 30.8 Å². The summed E-state index contributed by atoms with van der Waals surface area (Å²) in [6.07, 6.45) is 3.07. The Kier molecular flexibility index (Phi) is 6.52. The second-order valence-electron chi connectivity index (χ2n) is 8.08. The van der Waals surface area contributed by atoms with E-state index in [0.717, 1.165) is 47.0 Å². The predicted molar refractivity (Wildman–Crippen MR) is 120 cm³/mol. The number of dihydropyridines is 1. The maximum Gasteiger partial charge on any atom is 0.336 e. The molecule has 0 bridgehead atoms. The summed E-state index contributed by atoms with van der Waals surface area (Å²) in [6, 6.07) is 14.2. The summed E-state index contributed by atoms with van der Waals surface area (Å²) in [5.41, 5.74) is 3.89. The first-order valence-corrected chi connectivity index (χ1v) is 11.1. The van der Waals surface area contributed by atoms with Gasteiger partial charge in [0.25, 0.3) is 0 Å². The number of Topliss-reactive ketones (excluding diaryl/α,β-unsaturated/α-hetero) is 1. The van der Waals surface area contributed by atoms with Gasteiger partial charge in [-0.05, 0) is 42.5 Å². The number of benzene rings is 2. The lowest BCUT2D eigenvalue weighted by molar-refractivity contribution is -0.141. The van der Waals surface area contributed by atoms with Crippen LogP contribution in [0.1, 0.15) is 51.0 Å². The number of nitrogens with one attached hydrogen (secondary N) is 1. The fraction of sp³-hybridized carbons (Fsp3) is 0.385. The Bertz CT molecular complexity index is 1060. The van der Waals surface area contributed by atoms with E-state index in [4.69, 9.17) is 9.47 Å². The van der Waals surface area contributed by atoms with Crippen LogP contribution in [0.4, 0.5) is 0 Å². The minimum Gasteiger partial charge on any atom is -0.460 e. The first kappa shape index (κ1) is 21.3. The van der Waals surface area contributed by atoms with Crippen LogP contribution in [0.2, 0.25) is 0 Å². The topological polar surface area (TPSA) is 64.6 Å². The minimum absolute atomic E-state index is 0.107. The van der Waals surface area contributed by atoms with Crippen molar-refractivity contribution < 1.29 is 19.1 Å². The average Bonchev–Trinajstić information content (AvgIpc) is 2.77. The zero-order valence-corrected chi connectivity index (χ0v) is 18.2. The van der Waals surface area contributed by atoms with Crippen molar-refractivity contribution in [3.8, 4) is 0 Å². The lowest BCUT2D eigenvalue weighted by atomic mass is 9.74. The van der Waals surface area contributed by atoms with Gasteiger partial charge in [-0.3, -0.25) is 4.79 Å². The Labute approximate surface area is 183 Å². The lowest BCUT2D eigenvalue weighted by Crippen LogP contribution is -2.34. The summed E-state index contributed by atoms with van der Waals surface area (Å²) in [6.45, 7) is 5.13. The molecular formula is C26H29NO4. The van der Waals surface area contributed by atoms with Gasteiger partial charge in [0, 0.05) is 35.9 Å². The number of carbonyl (C=O) groups is 2. The number of ether oxygens (including phenoxy) is 2. The van der Waals surface area contributed by atoms with Crippen LogP contribution in [0, 0.1) is 0 Å². The van der Waals surface area contributed by atoms with E-state index >= 15 is 0 Å². The molecular weight excluding hydrogens is 390 g/mol. The zero-order valence-electron chi connectivity index (χ0n) is 18.2. The molecule has 0 saturated heterocycles. The van der Waals surface area contributed by atoms with Crippen molar-refractivity contribution in [2.45, 2.75) is 45.4 Å². The third kappa shape index (κ3) is 4.28. The second-order valence-corrected chi connectivity index (χ2v) is 8.08. The molecule has 0 aromatic heterocycles. The van der Waals surface area contributed by atoms with E-state index in [1.807, 2.05) is 38.1 Å². The van der Waals surface area contributed by atoms with E-state index < -0.39 is 11.9 Å². The van der Waals surface area contributed by atoms with Gasteiger partial charge < -0.3 is 14.8 Å². The number of hydrogen-bond donors (Lipinski definition) is 1. The van der Waals surface area contributed by atoms with Gasteiger partial charge in [0.1, 0.15) is 6.61 Å². The van der Waals surface area contributed by atoms with E-state index in [1.165, 1.54) is 0 Å². The highest BCUT2D eigenvalue weighted by molar-refractivity contribution is 6.05. The third-order valence-electron chi connectivity index (χ3n) is 5.94. The molecule has 1 heterocycles. The highest BCUT2D eigenvalue weighted by Gasteiger charge is 2.39. The highest BCUT2D eigenvalue weighted by atomic mass is 16.6. The third-order valence-corrected chi connectivity index (χ3v) is 5.94. The molecule has 4 rings (SSSR count). The fourth-order valence-corrected chi connectivity index (χ4v) is 4.58. The van der Waals surface area contributed by atoms with Crippen LogP contribution < -0.4 is 5.32 Å². The van der Waals surface area contributed by atoms with E-state index in [-0.39, 0.29) is 12.4 Å². The maximum absolute atomic E-state index is 13.2. The Morgan fingerprint density at radius 2 is 1.87 bits per heavy atom. The SMILES string of the molecule is CCCOCCOC(=O)C1=C(C)NC2=C(C(=O)CCC2)C1c1cccc2ccccc12. The number of carbonyl (C=O) groups excluding carboxylic acids is 2. The Morgan fingerprint density at radius 1 is 1.06 bits per heavy atom. The zero-order chi connectivity index (χ0) is 21.8. The van der Waals surface area contributed by atoms with Crippen LogP contribution in [-0.4, -0.2) is 31.6 Å². The van der Waals surface area contributed by atoms with Crippen LogP contribution in [0.5, 0.6) is 0 Å². The van der Waals surface area contributed by atoms with E-state index in [2.05, 4.69) is 23.5 Å². The summed E-state index contributed by atoms with van der Waals surface area (Å²) in [5, 5.41) is 5.48. The number of ketones is 1. The van der Waals surface area contributed by atoms with Gasteiger partial charge in [0.05, 0.1) is 12.2 Å². The molecule has 2 aromatic carbocycles. The van der Waals surface area contributed by atoms with Crippen molar-refractivity contribution in [3.05, 3.63) is 70.6 Å². The van der Waals surface area contributed by atoms with Gasteiger partial charge in [-0.25, -0.2) is 4.79 Å². The number of hydrogen-bond acceptors (Lipinski definition) is 5. The molecule has 5 nitrogen and oxygen atoms in total. The van der Waals surface area contributed by atoms with Crippen LogP contribution in [0.25, 0.3) is 10.8 Å². The Balaban J connectivity index is 1.76. The van der Waals surface area contributed by atoms with Crippen molar-refractivity contribution in [2.24, 2.45) is 0 Å². The molecule has 0 amide bonds. The van der Waals surface area contributed by atoms with Crippen molar-refractivity contribution in [3.63, 3.8) is 0 Å². The van der Waals surface area contributed by atoms with Gasteiger partial charge in [-0.1, -0.05) is 49.4 Å². The Morgan fingerprint density at radius 3 is 2.71 bits per heavy atom. The number of esters is 1. The van der Waals surface area contributed by atoms with Crippen LogP contribution in [0.3, 0.4) is 0 Å². The monoisotopic (exact) mass is 419 g/mol.